The number of esters is 2. The zero-order valence-electron chi connectivity index (χ0n) is 23.3. The van der Waals surface area contributed by atoms with E-state index in [9.17, 15) is 24.9 Å². The van der Waals surface area contributed by atoms with Gasteiger partial charge < -0.3 is 48.5 Å². The molecule has 2 aliphatic rings. The van der Waals surface area contributed by atoms with E-state index in [1.54, 1.807) is 32.4 Å². The number of aliphatic hydroxyl groups is 3. The molecule has 2 saturated heterocycles. The lowest BCUT2D eigenvalue weighted by Crippen LogP contribution is -2.61. The summed E-state index contributed by atoms with van der Waals surface area (Å²) < 4.78 is 38.3. The molecule has 0 aliphatic carbocycles. The van der Waals surface area contributed by atoms with Crippen molar-refractivity contribution in [3.8, 4) is 23.0 Å². The summed E-state index contributed by atoms with van der Waals surface area (Å²) in [7, 11) is 4.58. The van der Waals surface area contributed by atoms with E-state index in [1.807, 2.05) is 18.2 Å². The van der Waals surface area contributed by atoms with Crippen LogP contribution in [0.15, 0.2) is 36.4 Å². The van der Waals surface area contributed by atoms with Crippen molar-refractivity contribution in [1.29, 1.82) is 0 Å². The molecular weight excluding hydrogens is 540 g/mol. The molecule has 0 amide bonds. The molecule has 2 aliphatic heterocycles. The van der Waals surface area contributed by atoms with E-state index in [0.717, 1.165) is 18.1 Å². The Labute approximate surface area is 237 Å². The Bertz CT molecular complexity index is 1220. The number of rotatable bonds is 11. The molecule has 2 aromatic rings. The van der Waals surface area contributed by atoms with Gasteiger partial charge in [-0.15, -0.1) is 0 Å². The Balaban J connectivity index is 1.50. The van der Waals surface area contributed by atoms with Crippen LogP contribution >= 0.6 is 0 Å². The van der Waals surface area contributed by atoms with E-state index in [-0.39, 0.29) is 17.6 Å². The van der Waals surface area contributed by atoms with Crippen LogP contribution in [0, 0.1) is 11.8 Å². The molecule has 7 unspecified atom stereocenters. The Morgan fingerprint density at radius 3 is 2.12 bits per heavy atom. The highest BCUT2D eigenvalue weighted by Gasteiger charge is 2.48. The van der Waals surface area contributed by atoms with Crippen LogP contribution in [0.2, 0.25) is 0 Å². The first-order chi connectivity index (χ1) is 19.7. The molecule has 0 aromatic heterocycles. The lowest BCUT2D eigenvalue weighted by molar-refractivity contribution is -0.282. The largest absolute Gasteiger partial charge is 0.493 e. The molecule has 0 saturated carbocycles. The van der Waals surface area contributed by atoms with Gasteiger partial charge in [0.05, 0.1) is 40.5 Å². The van der Waals surface area contributed by atoms with Crippen LogP contribution in [-0.4, -0.2) is 92.5 Å². The monoisotopic (exact) mass is 576 g/mol. The molecule has 2 aromatic carbocycles. The fourth-order valence-corrected chi connectivity index (χ4v) is 5.15. The highest BCUT2D eigenvalue weighted by molar-refractivity contribution is 5.75. The van der Waals surface area contributed by atoms with E-state index in [2.05, 4.69) is 0 Å². The molecular formula is C29H36O12. The second-order valence-electron chi connectivity index (χ2n) is 9.98. The molecule has 0 spiro atoms. The van der Waals surface area contributed by atoms with Gasteiger partial charge in [-0.2, -0.15) is 0 Å². The van der Waals surface area contributed by atoms with Crippen molar-refractivity contribution >= 4 is 11.9 Å². The fourth-order valence-electron chi connectivity index (χ4n) is 5.15. The van der Waals surface area contributed by atoms with Crippen LogP contribution in [0.4, 0.5) is 0 Å². The topological polar surface area (TPSA) is 159 Å². The van der Waals surface area contributed by atoms with E-state index in [1.165, 1.54) is 7.11 Å². The van der Waals surface area contributed by atoms with Crippen molar-refractivity contribution in [1.82, 2.24) is 0 Å². The zero-order valence-corrected chi connectivity index (χ0v) is 23.3. The number of cyclic esters (lactones) is 1. The molecule has 2 heterocycles. The van der Waals surface area contributed by atoms with Gasteiger partial charge in [0.15, 0.2) is 29.1 Å². The van der Waals surface area contributed by atoms with Crippen molar-refractivity contribution in [3.63, 3.8) is 0 Å². The minimum atomic E-state index is -1.56. The van der Waals surface area contributed by atoms with Gasteiger partial charge in [-0.25, -0.2) is 0 Å². The van der Waals surface area contributed by atoms with Crippen LogP contribution in [0.5, 0.6) is 23.0 Å². The molecule has 4 rings (SSSR count). The van der Waals surface area contributed by atoms with E-state index < -0.39 is 49.2 Å². The van der Waals surface area contributed by atoms with Gasteiger partial charge in [-0.1, -0.05) is 12.1 Å². The quantitative estimate of drug-likeness (QED) is 0.327. The first-order valence-electron chi connectivity index (χ1n) is 13.2. The normalized spacial score (nSPS) is 27.6. The van der Waals surface area contributed by atoms with Gasteiger partial charge in [0.25, 0.3) is 0 Å². The summed E-state index contributed by atoms with van der Waals surface area (Å²) >= 11 is 0. The summed E-state index contributed by atoms with van der Waals surface area (Å²) in [5, 5.41) is 30.3. The summed E-state index contributed by atoms with van der Waals surface area (Å²) in [5.74, 6) is 0.286. The first-order valence-corrected chi connectivity index (χ1v) is 13.2. The second kappa shape index (κ2) is 13.4. The van der Waals surface area contributed by atoms with E-state index >= 15 is 0 Å². The van der Waals surface area contributed by atoms with E-state index in [4.69, 9.17) is 33.2 Å². The van der Waals surface area contributed by atoms with Crippen LogP contribution in [0.3, 0.4) is 0 Å². The lowest BCUT2D eigenvalue weighted by Gasteiger charge is -2.41. The number of aliphatic hydroxyl groups excluding tert-OH is 3. The van der Waals surface area contributed by atoms with Crippen molar-refractivity contribution in [2.24, 2.45) is 11.8 Å². The minimum absolute atomic E-state index is 0.0639. The lowest BCUT2D eigenvalue weighted by atomic mass is 9.85. The Hall–Kier alpha value is -3.58. The van der Waals surface area contributed by atoms with Gasteiger partial charge in [0, 0.05) is 12.8 Å². The maximum atomic E-state index is 12.7. The van der Waals surface area contributed by atoms with Crippen molar-refractivity contribution in [3.05, 3.63) is 47.5 Å². The summed E-state index contributed by atoms with van der Waals surface area (Å²) in [5.41, 5.74) is 1.78. The number of methoxy groups -OCH3 is 3. The highest BCUT2D eigenvalue weighted by atomic mass is 16.7. The predicted octanol–water partition coefficient (Wildman–Crippen LogP) is 1.04. The van der Waals surface area contributed by atoms with Gasteiger partial charge in [-0.3, -0.25) is 9.59 Å². The van der Waals surface area contributed by atoms with Crippen molar-refractivity contribution < 1.29 is 58.1 Å². The van der Waals surface area contributed by atoms with Gasteiger partial charge in [0.2, 0.25) is 6.29 Å². The number of hydrogen-bond donors (Lipinski definition) is 3. The Kier molecular flexibility index (Phi) is 9.92. The summed E-state index contributed by atoms with van der Waals surface area (Å²) in [6.45, 7) is 0.853. The van der Waals surface area contributed by atoms with Gasteiger partial charge in [0.1, 0.15) is 18.3 Å². The van der Waals surface area contributed by atoms with Gasteiger partial charge >= 0.3 is 11.9 Å². The van der Waals surface area contributed by atoms with Crippen LogP contribution in [-0.2, 0) is 36.6 Å². The molecule has 3 N–H and O–H groups in total. The SMILES string of the molecule is COc1ccc(CC2COC(=O)C2Cc2ccc(OC3OC(CO)C(O)C(O)C3OC(C)=O)c(OC)c2)cc1OC. The summed E-state index contributed by atoms with van der Waals surface area (Å²) in [6.07, 6.45) is -5.93. The number of ether oxygens (including phenoxy) is 7. The van der Waals surface area contributed by atoms with Crippen LogP contribution < -0.4 is 18.9 Å². The third-order valence-corrected chi connectivity index (χ3v) is 7.31. The Morgan fingerprint density at radius 1 is 0.902 bits per heavy atom. The summed E-state index contributed by atoms with van der Waals surface area (Å²) in [4.78, 5) is 24.3. The molecule has 0 bridgehead atoms. The van der Waals surface area contributed by atoms with E-state index in [0.29, 0.717) is 36.7 Å². The molecule has 224 valence electrons. The second-order valence-corrected chi connectivity index (χ2v) is 9.98. The Morgan fingerprint density at radius 2 is 1.51 bits per heavy atom. The molecule has 2 fully saturated rings. The number of benzene rings is 2. The molecule has 7 atom stereocenters. The molecule has 41 heavy (non-hydrogen) atoms. The van der Waals surface area contributed by atoms with Crippen molar-refractivity contribution in [2.45, 2.75) is 50.5 Å². The van der Waals surface area contributed by atoms with Crippen LogP contribution in [0.1, 0.15) is 18.1 Å². The standard InChI is InChI=1S/C29H36O12/c1-15(31)39-27-26(33)25(32)24(13-30)41-29(27)40-21-8-6-17(12-23(21)37-4)10-19-18(14-38-28(19)34)9-16-5-7-20(35-2)22(11-16)36-3/h5-8,11-12,18-19,24-27,29-30,32-33H,9-10,13-14H2,1-4H3. The highest BCUT2D eigenvalue weighted by Crippen LogP contribution is 2.36. The third-order valence-electron chi connectivity index (χ3n) is 7.31. The molecule has 12 heteroatoms. The first kappa shape index (κ1) is 30.4. The smallest absolute Gasteiger partial charge is 0.309 e. The molecule has 0 radical (unpaired) electrons. The van der Waals surface area contributed by atoms with Gasteiger partial charge in [-0.05, 0) is 48.2 Å². The maximum Gasteiger partial charge on any atom is 0.309 e. The van der Waals surface area contributed by atoms with Crippen molar-refractivity contribution in [2.75, 3.05) is 34.5 Å². The maximum absolute atomic E-state index is 12.7. The number of hydrogen-bond acceptors (Lipinski definition) is 12. The average molecular weight is 577 g/mol. The minimum Gasteiger partial charge on any atom is -0.493 e. The number of carbonyl (C=O) groups excluding carboxylic acids is 2. The number of carbonyl (C=O) groups is 2. The average Bonchev–Trinajstić information content (AvgIpc) is 3.30. The predicted molar refractivity (Wildman–Crippen MR) is 142 cm³/mol. The summed E-state index contributed by atoms with van der Waals surface area (Å²) in [6, 6.07) is 10.7. The fraction of sp³-hybridized carbons (Fsp3) is 0.517. The zero-order chi connectivity index (χ0) is 29.7. The third kappa shape index (κ3) is 6.84. The molecule has 12 nitrogen and oxygen atoms in total. The van der Waals surface area contributed by atoms with Crippen LogP contribution in [0.25, 0.3) is 0 Å².